The minimum absolute atomic E-state index is 0.490. The van der Waals surface area contributed by atoms with Crippen molar-refractivity contribution in [1.29, 1.82) is 0 Å². The molecule has 3 heteroatoms. The summed E-state index contributed by atoms with van der Waals surface area (Å²) in [7, 11) is 0. The van der Waals surface area contributed by atoms with Gasteiger partial charge >= 0.3 is 0 Å². The molecule has 0 aliphatic carbocycles. The Morgan fingerprint density at radius 1 is 1.83 bits per heavy atom. The molecule has 1 nitrogen and oxygen atoms in total. The number of rotatable bonds is 3. The van der Waals surface area contributed by atoms with Gasteiger partial charge in [-0.1, -0.05) is 12.2 Å². The van der Waals surface area contributed by atoms with E-state index in [0.717, 1.165) is 6.29 Å². The standard InChI is InChI=1S/C3H4OS2/c4-1-2-6-3-5/h1,3H,2H2. The Morgan fingerprint density at radius 3 is 2.67 bits per heavy atom. The number of carbonyl (C=O) groups is 1. The van der Waals surface area contributed by atoms with E-state index in [-0.39, 0.29) is 0 Å². The maximum absolute atomic E-state index is 9.48. The van der Waals surface area contributed by atoms with Gasteiger partial charge in [-0.05, 0) is 0 Å². The number of thioether (sulfide) groups is 1. The molecule has 0 spiro atoms. The van der Waals surface area contributed by atoms with Crippen molar-refractivity contribution in [1.82, 2.24) is 0 Å². The van der Waals surface area contributed by atoms with Gasteiger partial charge in [-0.3, -0.25) is 0 Å². The summed E-state index contributed by atoms with van der Waals surface area (Å²) in [6.07, 6.45) is 0.827. The molecular weight excluding hydrogens is 116 g/mol. The first kappa shape index (κ1) is 6.11. The molecule has 0 N–H and O–H groups in total. The van der Waals surface area contributed by atoms with Gasteiger partial charge in [0.1, 0.15) is 6.29 Å². The summed E-state index contributed by atoms with van der Waals surface area (Å²) in [5.74, 6) is 0.490. The second-order valence-electron chi connectivity index (χ2n) is 0.596. The van der Waals surface area contributed by atoms with Crippen LogP contribution in [0.15, 0.2) is 0 Å². The largest absolute Gasteiger partial charge is 0.302 e. The van der Waals surface area contributed by atoms with Crippen molar-refractivity contribution in [3.8, 4) is 0 Å². The van der Waals surface area contributed by atoms with Crippen LogP contribution in [0, 0.1) is 0 Å². The summed E-state index contributed by atoms with van der Waals surface area (Å²) in [5, 5.41) is 0. The quantitative estimate of drug-likeness (QED) is 0.312. The molecule has 0 aromatic heterocycles. The molecule has 0 aromatic carbocycles. The Labute approximate surface area is 46.1 Å². The van der Waals surface area contributed by atoms with Gasteiger partial charge < -0.3 is 4.79 Å². The lowest BCUT2D eigenvalue weighted by Gasteiger charge is -1.72. The van der Waals surface area contributed by atoms with E-state index in [1.54, 1.807) is 0 Å². The Balaban J connectivity index is 2.66. The van der Waals surface area contributed by atoms with Crippen LogP contribution in [-0.2, 0) is 4.79 Å². The van der Waals surface area contributed by atoms with Crippen molar-refractivity contribution < 1.29 is 4.79 Å². The van der Waals surface area contributed by atoms with Crippen molar-refractivity contribution in [2.24, 2.45) is 0 Å². The van der Waals surface area contributed by atoms with Gasteiger partial charge in [0.25, 0.3) is 0 Å². The lowest BCUT2D eigenvalue weighted by atomic mass is 10.9. The third-order valence-corrected chi connectivity index (χ3v) is 1.11. The zero-order valence-corrected chi connectivity index (χ0v) is 4.72. The molecule has 0 radical (unpaired) electrons. The van der Waals surface area contributed by atoms with E-state index in [2.05, 4.69) is 12.2 Å². The average molecular weight is 120 g/mol. The van der Waals surface area contributed by atoms with Gasteiger partial charge in [0.05, 0.1) is 5.75 Å². The van der Waals surface area contributed by atoms with Crippen molar-refractivity contribution in [2.45, 2.75) is 0 Å². The number of hydrogen-bond donors (Lipinski definition) is 0. The first-order valence-electron chi connectivity index (χ1n) is 1.40. The minimum Gasteiger partial charge on any atom is -0.302 e. The number of hydrogen-bond acceptors (Lipinski definition) is 3. The van der Waals surface area contributed by atoms with Crippen molar-refractivity contribution >= 4 is 35.0 Å². The highest BCUT2D eigenvalue weighted by molar-refractivity contribution is 8.21. The Morgan fingerprint density at radius 2 is 2.50 bits per heavy atom. The van der Waals surface area contributed by atoms with Gasteiger partial charge in [-0.25, -0.2) is 0 Å². The minimum atomic E-state index is 0.490. The number of carbonyl (C=O) groups excluding carboxylic acids is 1. The molecule has 6 heavy (non-hydrogen) atoms. The highest BCUT2D eigenvalue weighted by Gasteiger charge is 1.71. The van der Waals surface area contributed by atoms with Crippen LogP contribution in [0.5, 0.6) is 0 Å². The smallest absolute Gasteiger partial charge is 0.130 e. The van der Waals surface area contributed by atoms with E-state index in [1.165, 1.54) is 16.5 Å². The fraction of sp³-hybridized carbons (Fsp3) is 0.333. The fourth-order valence-corrected chi connectivity index (χ4v) is 0.471. The van der Waals surface area contributed by atoms with Crippen molar-refractivity contribution in [3.63, 3.8) is 0 Å². The summed E-state index contributed by atoms with van der Waals surface area (Å²) in [4.78, 5) is 9.48. The highest BCUT2D eigenvalue weighted by Crippen LogP contribution is 1.87. The number of thiocarbonyl (C=S) groups is 1. The third kappa shape index (κ3) is 4.11. The second-order valence-corrected chi connectivity index (χ2v) is 2.03. The Hall–Kier alpha value is 0.110. The van der Waals surface area contributed by atoms with Crippen molar-refractivity contribution in [2.75, 3.05) is 5.75 Å². The molecule has 34 valence electrons. The SMILES string of the molecule is O=CCSC=S. The predicted molar refractivity (Wildman–Crippen MR) is 32.2 cm³/mol. The summed E-state index contributed by atoms with van der Waals surface area (Å²) in [6.45, 7) is 0. The van der Waals surface area contributed by atoms with E-state index in [4.69, 9.17) is 0 Å². The Bertz CT molecular complexity index is 44.8. The van der Waals surface area contributed by atoms with E-state index in [0.29, 0.717) is 5.75 Å². The zero-order chi connectivity index (χ0) is 4.83. The summed E-state index contributed by atoms with van der Waals surface area (Å²) < 4.78 is 1.48. The van der Waals surface area contributed by atoms with Gasteiger partial charge in [0.15, 0.2) is 0 Å². The maximum Gasteiger partial charge on any atom is 0.130 e. The van der Waals surface area contributed by atoms with Gasteiger partial charge in [0, 0.05) is 4.70 Å². The molecule has 0 atom stereocenters. The monoisotopic (exact) mass is 120 g/mol. The molecule has 0 aliphatic rings. The first-order valence-corrected chi connectivity index (χ1v) is 2.92. The lowest BCUT2D eigenvalue weighted by molar-refractivity contribution is -0.105. The lowest BCUT2D eigenvalue weighted by Crippen LogP contribution is -1.73. The van der Waals surface area contributed by atoms with Crippen molar-refractivity contribution in [3.05, 3.63) is 0 Å². The number of aldehydes is 1. The molecular formula is C3H4OS2. The molecule has 0 rings (SSSR count). The zero-order valence-electron chi connectivity index (χ0n) is 3.09. The summed E-state index contributed by atoms with van der Waals surface area (Å²) >= 11 is 5.73. The second kappa shape index (κ2) is 5.11. The molecule has 0 saturated carbocycles. The van der Waals surface area contributed by atoms with E-state index < -0.39 is 0 Å². The van der Waals surface area contributed by atoms with Gasteiger partial charge in [0.2, 0.25) is 0 Å². The molecule has 0 fully saturated rings. The van der Waals surface area contributed by atoms with Crippen LogP contribution in [0.25, 0.3) is 0 Å². The molecule has 0 heterocycles. The maximum atomic E-state index is 9.48. The van der Waals surface area contributed by atoms with Crippen LogP contribution in [0.1, 0.15) is 0 Å². The van der Waals surface area contributed by atoms with E-state index in [1.807, 2.05) is 0 Å². The normalized spacial score (nSPS) is 7.33. The van der Waals surface area contributed by atoms with E-state index >= 15 is 0 Å². The molecule has 0 aromatic rings. The third-order valence-electron chi connectivity index (χ3n) is 0.232. The fourth-order valence-electron chi connectivity index (χ4n) is 0.0786. The van der Waals surface area contributed by atoms with Crippen LogP contribution >= 0.6 is 24.0 Å². The molecule has 0 bridgehead atoms. The summed E-state index contributed by atoms with van der Waals surface area (Å²) in [5.41, 5.74) is 0. The van der Waals surface area contributed by atoms with Crippen LogP contribution in [0.4, 0.5) is 0 Å². The topological polar surface area (TPSA) is 17.1 Å². The predicted octanol–water partition coefficient (Wildman–Crippen LogP) is 0.876. The van der Waals surface area contributed by atoms with E-state index in [9.17, 15) is 4.79 Å². The average Bonchev–Trinajstić information content (AvgIpc) is 1.61. The van der Waals surface area contributed by atoms with Gasteiger partial charge in [-0.2, -0.15) is 0 Å². The van der Waals surface area contributed by atoms with Gasteiger partial charge in [-0.15, -0.1) is 11.8 Å². The molecule has 0 amide bonds. The Kier molecular flexibility index (Phi) is 5.20. The highest BCUT2D eigenvalue weighted by atomic mass is 32.2. The molecule has 0 saturated heterocycles. The molecule has 0 aliphatic heterocycles. The summed E-state index contributed by atoms with van der Waals surface area (Å²) in [6, 6.07) is 0. The molecule has 0 unspecified atom stereocenters. The van der Waals surface area contributed by atoms with Crippen LogP contribution in [-0.4, -0.2) is 16.7 Å². The van der Waals surface area contributed by atoms with Crippen LogP contribution < -0.4 is 0 Å². The van der Waals surface area contributed by atoms with Crippen LogP contribution in [0.3, 0.4) is 0 Å². The first-order chi connectivity index (χ1) is 2.91. The van der Waals surface area contributed by atoms with Crippen LogP contribution in [0.2, 0.25) is 0 Å².